The quantitative estimate of drug-likeness (QED) is 0.602. The van der Waals surface area contributed by atoms with Crippen molar-refractivity contribution in [3.05, 3.63) is 23.8 Å². The molecule has 0 aromatic heterocycles. The smallest absolute Gasteiger partial charge is 0.253 e. The molecule has 1 aromatic carbocycles. The third-order valence-electron chi connectivity index (χ3n) is 6.31. The second-order valence-electron chi connectivity index (χ2n) is 9.44. The van der Waals surface area contributed by atoms with Gasteiger partial charge in [-0.3, -0.25) is 4.79 Å². The van der Waals surface area contributed by atoms with Gasteiger partial charge in [0.1, 0.15) is 0 Å². The van der Waals surface area contributed by atoms with Crippen molar-refractivity contribution in [2.24, 2.45) is 5.92 Å². The van der Waals surface area contributed by atoms with Crippen LogP contribution in [-0.2, 0) is 14.8 Å². The molecule has 0 unspecified atom stereocenters. The van der Waals surface area contributed by atoms with Crippen molar-refractivity contribution < 1.29 is 17.9 Å². The van der Waals surface area contributed by atoms with E-state index in [4.69, 9.17) is 4.74 Å². The zero-order valence-electron chi connectivity index (χ0n) is 19.8. The molecule has 1 atom stereocenters. The Balaban J connectivity index is 1.84. The van der Waals surface area contributed by atoms with Crippen LogP contribution in [0.1, 0.15) is 69.7 Å². The zero-order valence-corrected chi connectivity index (χ0v) is 20.6. The van der Waals surface area contributed by atoms with Crippen LogP contribution in [0.3, 0.4) is 0 Å². The summed E-state index contributed by atoms with van der Waals surface area (Å²) in [4.78, 5) is 15.6. The predicted molar refractivity (Wildman–Crippen MR) is 128 cm³/mol. The predicted octanol–water partition coefficient (Wildman–Crippen LogP) is 3.64. The molecule has 0 saturated carbocycles. The van der Waals surface area contributed by atoms with Gasteiger partial charge in [-0.1, -0.05) is 33.1 Å². The molecule has 2 aliphatic heterocycles. The number of amides is 1. The van der Waals surface area contributed by atoms with Gasteiger partial charge in [0.15, 0.2) is 0 Å². The summed E-state index contributed by atoms with van der Waals surface area (Å²) in [6, 6.07) is 5.05. The number of carbonyl (C=O) groups excluding carboxylic acids is 1. The number of hydrogen-bond donors (Lipinski definition) is 1. The first kappa shape index (κ1) is 25.0. The number of benzene rings is 1. The highest BCUT2D eigenvalue weighted by Gasteiger charge is 2.29. The van der Waals surface area contributed by atoms with Gasteiger partial charge in [0.05, 0.1) is 23.7 Å². The number of anilines is 1. The van der Waals surface area contributed by atoms with Crippen LogP contribution in [0, 0.1) is 5.92 Å². The molecule has 0 bridgehead atoms. The van der Waals surface area contributed by atoms with Gasteiger partial charge in [-0.05, 0) is 50.3 Å². The topological polar surface area (TPSA) is 79.0 Å². The number of piperidine rings is 1. The van der Waals surface area contributed by atoms with Crippen LogP contribution < -0.4 is 10.2 Å². The maximum Gasteiger partial charge on any atom is 0.253 e. The minimum absolute atomic E-state index is 0.0288. The summed E-state index contributed by atoms with van der Waals surface area (Å²) in [7, 11) is -3.61. The van der Waals surface area contributed by atoms with E-state index in [0.717, 1.165) is 44.2 Å². The van der Waals surface area contributed by atoms with Gasteiger partial charge < -0.3 is 15.0 Å². The Morgan fingerprint density at radius 2 is 1.72 bits per heavy atom. The summed E-state index contributed by atoms with van der Waals surface area (Å²) in [5, 5.41) is 3.10. The van der Waals surface area contributed by atoms with Crippen LogP contribution in [0.2, 0.25) is 0 Å². The van der Waals surface area contributed by atoms with Crippen LogP contribution in [-0.4, -0.2) is 64.1 Å². The van der Waals surface area contributed by atoms with E-state index < -0.39 is 10.0 Å². The van der Waals surface area contributed by atoms with Crippen molar-refractivity contribution >= 4 is 21.6 Å². The van der Waals surface area contributed by atoms with Gasteiger partial charge >= 0.3 is 0 Å². The number of nitrogens with zero attached hydrogens (tertiary/aromatic N) is 2. The largest absolute Gasteiger partial charge is 0.378 e. The average Bonchev–Trinajstić information content (AvgIpc) is 2.79. The Morgan fingerprint density at radius 1 is 1.03 bits per heavy atom. The number of ether oxygens (including phenoxy) is 1. The van der Waals surface area contributed by atoms with Crippen molar-refractivity contribution in [2.45, 2.75) is 70.2 Å². The fraction of sp³-hybridized carbons (Fsp3) is 0.708. The van der Waals surface area contributed by atoms with E-state index in [1.165, 1.54) is 0 Å². The first-order chi connectivity index (χ1) is 15.3. The Hall–Kier alpha value is -1.64. The molecule has 1 amide bonds. The van der Waals surface area contributed by atoms with Crippen LogP contribution in [0.15, 0.2) is 23.1 Å². The molecule has 180 valence electrons. The van der Waals surface area contributed by atoms with Crippen molar-refractivity contribution in [2.75, 3.05) is 44.3 Å². The second kappa shape index (κ2) is 11.5. The normalized spacial score (nSPS) is 19.2. The molecule has 2 heterocycles. The van der Waals surface area contributed by atoms with Gasteiger partial charge in [-0.15, -0.1) is 0 Å². The first-order valence-electron chi connectivity index (χ1n) is 12.1. The molecule has 1 N–H and O–H groups in total. The number of morpholine rings is 1. The molecule has 7 nitrogen and oxygen atoms in total. The van der Waals surface area contributed by atoms with Gasteiger partial charge in [0.25, 0.3) is 5.91 Å². The van der Waals surface area contributed by atoms with Gasteiger partial charge in [-0.2, -0.15) is 4.31 Å². The van der Waals surface area contributed by atoms with E-state index in [0.29, 0.717) is 50.9 Å². The summed E-state index contributed by atoms with van der Waals surface area (Å²) in [6.45, 7) is 10.1. The van der Waals surface area contributed by atoms with E-state index in [-0.39, 0.29) is 16.8 Å². The van der Waals surface area contributed by atoms with Gasteiger partial charge in [0, 0.05) is 37.9 Å². The molecule has 0 aliphatic carbocycles. The fourth-order valence-corrected chi connectivity index (χ4v) is 5.94. The molecular formula is C24H39N3O4S. The van der Waals surface area contributed by atoms with Crippen LogP contribution in [0.4, 0.5) is 5.69 Å². The summed E-state index contributed by atoms with van der Waals surface area (Å²) in [5.41, 5.74) is 1.21. The maximum absolute atomic E-state index is 13.3. The zero-order chi connectivity index (χ0) is 23.1. The third kappa shape index (κ3) is 6.45. The number of nitrogens with one attached hydrogen (secondary N) is 1. The monoisotopic (exact) mass is 465 g/mol. The summed E-state index contributed by atoms with van der Waals surface area (Å²) in [5.74, 6) is 0.432. The molecule has 1 aromatic rings. The first-order valence-corrected chi connectivity index (χ1v) is 13.5. The Morgan fingerprint density at radius 3 is 2.38 bits per heavy atom. The second-order valence-corrected chi connectivity index (χ2v) is 11.4. The summed E-state index contributed by atoms with van der Waals surface area (Å²) < 4.78 is 33.5. The number of hydrogen-bond acceptors (Lipinski definition) is 5. The number of carbonyl (C=O) groups is 1. The van der Waals surface area contributed by atoms with Crippen molar-refractivity contribution in [3.63, 3.8) is 0 Å². The van der Waals surface area contributed by atoms with Gasteiger partial charge in [0.2, 0.25) is 10.0 Å². The molecule has 2 saturated heterocycles. The standard InChI is InChI=1S/C24H39N3O4S/c1-19(2)8-7-9-20(3)25-24(28)22-18-21(32(29,30)27-12-5-4-6-13-27)10-11-23(22)26-14-16-31-17-15-26/h10-11,18-20H,4-9,12-17H2,1-3H3,(H,25,28)/t20-/m1/s1. The average molecular weight is 466 g/mol. The number of rotatable bonds is 9. The fourth-order valence-electron chi connectivity index (χ4n) is 4.40. The molecular weight excluding hydrogens is 426 g/mol. The van der Waals surface area contributed by atoms with E-state index in [1.807, 2.05) is 6.92 Å². The van der Waals surface area contributed by atoms with E-state index in [1.54, 1.807) is 22.5 Å². The molecule has 0 radical (unpaired) electrons. The summed E-state index contributed by atoms with van der Waals surface area (Å²) >= 11 is 0. The Kier molecular flexibility index (Phi) is 8.96. The molecule has 3 rings (SSSR count). The van der Waals surface area contributed by atoms with Crippen molar-refractivity contribution in [1.82, 2.24) is 9.62 Å². The lowest BCUT2D eigenvalue weighted by Gasteiger charge is -2.31. The highest BCUT2D eigenvalue weighted by molar-refractivity contribution is 7.89. The summed E-state index contributed by atoms with van der Waals surface area (Å²) in [6.07, 6.45) is 5.91. The maximum atomic E-state index is 13.3. The highest BCUT2D eigenvalue weighted by Crippen LogP contribution is 2.28. The van der Waals surface area contributed by atoms with E-state index >= 15 is 0 Å². The van der Waals surface area contributed by atoms with Crippen LogP contribution in [0.5, 0.6) is 0 Å². The number of sulfonamides is 1. The van der Waals surface area contributed by atoms with Gasteiger partial charge in [-0.25, -0.2) is 8.42 Å². The van der Waals surface area contributed by atoms with Crippen LogP contribution in [0.25, 0.3) is 0 Å². The van der Waals surface area contributed by atoms with E-state index in [2.05, 4.69) is 24.1 Å². The van der Waals surface area contributed by atoms with Crippen molar-refractivity contribution in [1.29, 1.82) is 0 Å². The molecule has 8 heteroatoms. The van der Waals surface area contributed by atoms with Crippen molar-refractivity contribution in [3.8, 4) is 0 Å². The molecule has 2 fully saturated rings. The molecule has 0 spiro atoms. The SMILES string of the molecule is CC(C)CCC[C@@H](C)NC(=O)c1cc(S(=O)(=O)N2CCCCC2)ccc1N1CCOCC1. The van der Waals surface area contributed by atoms with Crippen LogP contribution >= 0.6 is 0 Å². The third-order valence-corrected chi connectivity index (χ3v) is 8.21. The molecule has 2 aliphatic rings. The Labute approximate surface area is 193 Å². The van der Waals surface area contributed by atoms with E-state index in [9.17, 15) is 13.2 Å². The lowest BCUT2D eigenvalue weighted by Crippen LogP contribution is -2.39. The lowest BCUT2D eigenvalue weighted by molar-refractivity contribution is 0.0936. The Bertz CT molecular complexity index is 860. The minimum Gasteiger partial charge on any atom is -0.378 e. The minimum atomic E-state index is -3.61. The lowest BCUT2D eigenvalue weighted by atomic mass is 10.0. The molecule has 32 heavy (non-hydrogen) atoms. The highest BCUT2D eigenvalue weighted by atomic mass is 32.2.